The van der Waals surface area contributed by atoms with Gasteiger partial charge in [0.2, 0.25) is 0 Å². The smallest absolute Gasteiger partial charge is 0.358 e. The lowest BCUT2D eigenvalue weighted by molar-refractivity contribution is 0.0593. The number of ether oxygens (including phenoxy) is 1. The van der Waals surface area contributed by atoms with Crippen LogP contribution in [0.25, 0.3) is 0 Å². The predicted molar refractivity (Wildman–Crippen MR) is 61.7 cm³/mol. The van der Waals surface area contributed by atoms with E-state index in [0.29, 0.717) is 18.2 Å². The van der Waals surface area contributed by atoms with E-state index >= 15 is 0 Å². The zero-order valence-electron chi connectivity index (χ0n) is 9.99. The number of methoxy groups -OCH3 is 1. The second-order valence-corrected chi connectivity index (χ2v) is 3.48. The molecule has 0 spiro atoms. The minimum absolute atomic E-state index is 0.166. The van der Waals surface area contributed by atoms with Crippen molar-refractivity contribution in [3.05, 3.63) is 30.0 Å². The van der Waals surface area contributed by atoms with Crippen LogP contribution in [-0.4, -0.2) is 38.0 Å². The average molecular weight is 248 g/mol. The summed E-state index contributed by atoms with van der Waals surface area (Å²) in [5.74, 6) is 0.673. The van der Waals surface area contributed by atoms with E-state index < -0.39 is 5.97 Å². The first-order valence-electron chi connectivity index (χ1n) is 5.19. The third-order valence-corrected chi connectivity index (χ3v) is 2.13. The first-order valence-corrected chi connectivity index (χ1v) is 5.19. The third kappa shape index (κ3) is 2.78. The van der Waals surface area contributed by atoms with Crippen molar-refractivity contribution >= 4 is 11.8 Å². The minimum Gasteiger partial charge on any atom is -0.464 e. The summed E-state index contributed by atoms with van der Waals surface area (Å²) in [4.78, 5) is 15.2. The summed E-state index contributed by atoms with van der Waals surface area (Å²) in [6, 6.07) is 3.18. The number of aromatic nitrogens is 5. The van der Waals surface area contributed by atoms with Crippen LogP contribution < -0.4 is 5.32 Å². The highest BCUT2D eigenvalue weighted by atomic mass is 16.5. The van der Waals surface area contributed by atoms with Crippen molar-refractivity contribution in [3.63, 3.8) is 0 Å². The molecule has 0 radical (unpaired) electrons. The summed E-state index contributed by atoms with van der Waals surface area (Å²) < 4.78 is 6.14. The van der Waals surface area contributed by atoms with Gasteiger partial charge in [0, 0.05) is 7.05 Å². The largest absolute Gasteiger partial charge is 0.464 e. The number of rotatable bonds is 4. The minimum atomic E-state index is -0.513. The van der Waals surface area contributed by atoms with E-state index in [1.807, 2.05) is 0 Å². The number of nitrogens with one attached hydrogen (secondary N) is 1. The van der Waals surface area contributed by atoms with Crippen molar-refractivity contribution in [2.75, 3.05) is 12.4 Å². The fraction of sp³-hybridized carbons (Fsp3) is 0.300. The van der Waals surface area contributed by atoms with Crippen LogP contribution >= 0.6 is 0 Å². The summed E-state index contributed by atoms with van der Waals surface area (Å²) in [7, 11) is 3.09. The van der Waals surface area contributed by atoms with Crippen LogP contribution in [0.3, 0.4) is 0 Å². The molecule has 2 aromatic rings. The molecule has 0 bridgehead atoms. The van der Waals surface area contributed by atoms with Gasteiger partial charge in [0.15, 0.2) is 11.5 Å². The van der Waals surface area contributed by atoms with E-state index in [0.717, 1.165) is 0 Å². The fourth-order valence-electron chi connectivity index (χ4n) is 1.27. The highest BCUT2D eigenvalue weighted by Crippen LogP contribution is 2.04. The Balaban J connectivity index is 1.96. The van der Waals surface area contributed by atoms with Gasteiger partial charge in [-0.05, 0) is 12.1 Å². The first kappa shape index (κ1) is 12.0. The standard InChI is InChI=1S/C10H12N6O2/c1-16-6-12-9(15-16)5-11-8-4-3-7(13-14-8)10(17)18-2/h3-4,6H,5H2,1-2H3,(H,11,14). The van der Waals surface area contributed by atoms with E-state index in [2.05, 4.69) is 30.3 Å². The highest BCUT2D eigenvalue weighted by molar-refractivity contribution is 5.86. The van der Waals surface area contributed by atoms with Gasteiger partial charge in [-0.2, -0.15) is 5.10 Å². The van der Waals surface area contributed by atoms with E-state index in [1.165, 1.54) is 13.2 Å². The number of carbonyl (C=O) groups excluding carboxylic acids is 1. The summed E-state index contributed by atoms with van der Waals surface area (Å²) in [5, 5.41) is 14.7. The molecule has 0 saturated heterocycles. The summed E-state index contributed by atoms with van der Waals surface area (Å²) in [6.07, 6.45) is 1.61. The SMILES string of the molecule is COC(=O)c1ccc(NCc2ncn(C)n2)nn1. The van der Waals surface area contributed by atoms with Gasteiger partial charge < -0.3 is 10.1 Å². The van der Waals surface area contributed by atoms with Gasteiger partial charge in [0.1, 0.15) is 12.1 Å². The van der Waals surface area contributed by atoms with Crippen molar-refractivity contribution in [3.8, 4) is 0 Å². The molecule has 0 amide bonds. The maximum Gasteiger partial charge on any atom is 0.358 e. The quantitative estimate of drug-likeness (QED) is 0.761. The average Bonchev–Trinajstić information content (AvgIpc) is 2.82. The lowest BCUT2D eigenvalue weighted by Gasteiger charge is -2.02. The molecule has 2 heterocycles. The van der Waals surface area contributed by atoms with Crippen molar-refractivity contribution in [2.45, 2.75) is 6.54 Å². The van der Waals surface area contributed by atoms with E-state index in [-0.39, 0.29) is 5.69 Å². The van der Waals surface area contributed by atoms with Crippen molar-refractivity contribution in [2.24, 2.45) is 7.05 Å². The normalized spacial score (nSPS) is 10.1. The topological polar surface area (TPSA) is 94.8 Å². The number of carbonyl (C=O) groups is 1. The number of nitrogens with zero attached hydrogens (tertiary/aromatic N) is 5. The predicted octanol–water partition coefficient (Wildman–Crippen LogP) is 0.00380. The maximum absolute atomic E-state index is 11.1. The maximum atomic E-state index is 11.1. The van der Waals surface area contributed by atoms with E-state index in [9.17, 15) is 4.79 Å². The molecular weight excluding hydrogens is 236 g/mol. The first-order chi connectivity index (χ1) is 8.69. The zero-order chi connectivity index (χ0) is 13.0. The monoisotopic (exact) mass is 248 g/mol. The van der Waals surface area contributed by atoms with Gasteiger partial charge in [0.25, 0.3) is 0 Å². The Bertz CT molecular complexity index is 536. The van der Waals surface area contributed by atoms with Gasteiger partial charge in [-0.25, -0.2) is 9.78 Å². The van der Waals surface area contributed by atoms with Gasteiger partial charge in [-0.3, -0.25) is 4.68 Å². The molecule has 8 nitrogen and oxygen atoms in total. The highest BCUT2D eigenvalue weighted by Gasteiger charge is 2.07. The van der Waals surface area contributed by atoms with Crippen LogP contribution in [0.2, 0.25) is 0 Å². The van der Waals surface area contributed by atoms with Crippen molar-refractivity contribution in [1.29, 1.82) is 0 Å². The van der Waals surface area contributed by atoms with Gasteiger partial charge >= 0.3 is 5.97 Å². The van der Waals surface area contributed by atoms with Crippen LogP contribution in [0.5, 0.6) is 0 Å². The van der Waals surface area contributed by atoms with Gasteiger partial charge in [-0.15, -0.1) is 10.2 Å². The molecule has 0 unspecified atom stereocenters. The molecule has 2 aromatic heterocycles. The molecule has 2 rings (SSSR count). The molecule has 0 fully saturated rings. The lowest BCUT2D eigenvalue weighted by Crippen LogP contribution is -2.08. The molecular formula is C10H12N6O2. The van der Waals surface area contributed by atoms with Crippen LogP contribution in [0.1, 0.15) is 16.3 Å². The second kappa shape index (κ2) is 5.21. The second-order valence-electron chi connectivity index (χ2n) is 3.48. The Morgan fingerprint density at radius 3 is 2.83 bits per heavy atom. The van der Waals surface area contributed by atoms with E-state index in [1.54, 1.807) is 24.1 Å². The Hall–Kier alpha value is -2.51. The van der Waals surface area contributed by atoms with Crippen LogP contribution in [0.4, 0.5) is 5.82 Å². The molecule has 0 aliphatic rings. The van der Waals surface area contributed by atoms with Crippen molar-refractivity contribution < 1.29 is 9.53 Å². The number of esters is 1. The Morgan fingerprint density at radius 2 is 2.28 bits per heavy atom. The van der Waals surface area contributed by atoms with Gasteiger partial charge in [0.05, 0.1) is 13.7 Å². The van der Waals surface area contributed by atoms with Gasteiger partial charge in [-0.1, -0.05) is 0 Å². The molecule has 0 aromatic carbocycles. The van der Waals surface area contributed by atoms with Crippen molar-refractivity contribution in [1.82, 2.24) is 25.0 Å². The Labute approximate surface area is 103 Å². The Kier molecular flexibility index (Phi) is 3.46. The number of hydrogen-bond donors (Lipinski definition) is 1. The summed E-state index contributed by atoms with van der Waals surface area (Å²) >= 11 is 0. The molecule has 94 valence electrons. The third-order valence-electron chi connectivity index (χ3n) is 2.13. The fourth-order valence-corrected chi connectivity index (χ4v) is 1.27. The lowest BCUT2D eigenvalue weighted by atomic mass is 10.4. The number of aryl methyl sites for hydroxylation is 1. The molecule has 18 heavy (non-hydrogen) atoms. The molecule has 8 heteroatoms. The summed E-state index contributed by atoms with van der Waals surface area (Å²) in [5.41, 5.74) is 0.166. The van der Waals surface area contributed by atoms with Crippen LogP contribution in [0, 0.1) is 0 Å². The van der Waals surface area contributed by atoms with Crippen LogP contribution in [-0.2, 0) is 18.3 Å². The number of hydrogen-bond acceptors (Lipinski definition) is 7. The van der Waals surface area contributed by atoms with E-state index in [4.69, 9.17) is 0 Å². The molecule has 0 aliphatic heterocycles. The molecule has 0 saturated carbocycles. The Morgan fingerprint density at radius 1 is 1.44 bits per heavy atom. The zero-order valence-corrected chi connectivity index (χ0v) is 9.99. The number of anilines is 1. The molecule has 0 atom stereocenters. The molecule has 1 N–H and O–H groups in total. The molecule has 0 aliphatic carbocycles. The van der Waals surface area contributed by atoms with Crippen LogP contribution in [0.15, 0.2) is 18.5 Å². The summed E-state index contributed by atoms with van der Waals surface area (Å²) in [6.45, 7) is 0.438.